The van der Waals surface area contributed by atoms with Crippen LogP contribution in [0.3, 0.4) is 0 Å². The molecule has 1 heterocycles. The zero-order valence-electron chi connectivity index (χ0n) is 15.0. The van der Waals surface area contributed by atoms with Gasteiger partial charge in [0.15, 0.2) is 5.84 Å². The van der Waals surface area contributed by atoms with Gasteiger partial charge in [-0.25, -0.2) is 4.98 Å². The molecule has 1 aliphatic rings. The molecule has 0 amide bonds. The molecule has 1 aromatic heterocycles. The minimum Gasteiger partial charge on any atom is -0.438 e. The van der Waals surface area contributed by atoms with Crippen LogP contribution in [0.2, 0.25) is 0 Å². The van der Waals surface area contributed by atoms with Gasteiger partial charge in [0.05, 0.1) is 11.6 Å². The first-order chi connectivity index (χ1) is 12.1. The van der Waals surface area contributed by atoms with Gasteiger partial charge >= 0.3 is 0 Å². The molecule has 5 heteroatoms. The number of aromatic nitrogens is 1. The lowest BCUT2D eigenvalue weighted by Gasteiger charge is -2.15. The van der Waals surface area contributed by atoms with Crippen LogP contribution in [0.15, 0.2) is 35.3 Å². The quantitative estimate of drug-likeness (QED) is 0.490. The van der Waals surface area contributed by atoms with E-state index in [1.54, 1.807) is 0 Å². The fourth-order valence-electron chi connectivity index (χ4n) is 3.18. The summed E-state index contributed by atoms with van der Waals surface area (Å²) in [7, 11) is 0. The van der Waals surface area contributed by atoms with Gasteiger partial charge in [0.2, 0.25) is 5.88 Å². The number of nitrogens with zero attached hydrogens (tertiary/aromatic N) is 2. The number of hydrogen-bond acceptors (Lipinski definition) is 4. The summed E-state index contributed by atoms with van der Waals surface area (Å²) in [6, 6.07) is 10.0. The van der Waals surface area contributed by atoms with Crippen LogP contribution in [0, 0.1) is 20.8 Å². The zero-order valence-corrected chi connectivity index (χ0v) is 15.0. The number of hydroxylamine groups is 1. The van der Waals surface area contributed by atoms with Crippen molar-refractivity contribution in [2.24, 2.45) is 4.99 Å². The Morgan fingerprint density at radius 3 is 2.60 bits per heavy atom. The molecule has 5 nitrogen and oxygen atoms in total. The van der Waals surface area contributed by atoms with E-state index < -0.39 is 0 Å². The largest absolute Gasteiger partial charge is 0.438 e. The summed E-state index contributed by atoms with van der Waals surface area (Å²) in [6.07, 6.45) is 4.48. The maximum absolute atomic E-state index is 9.63. The highest BCUT2D eigenvalue weighted by Crippen LogP contribution is 2.28. The van der Waals surface area contributed by atoms with Crippen molar-refractivity contribution in [3.8, 4) is 11.6 Å². The molecule has 1 aromatic carbocycles. The maximum Gasteiger partial charge on any atom is 0.230 e. The minimum atomic E-state index is 0.241. The molecule has 25 heavy (non-hydrogen) atoms. The van der Waals surface area contributed by atoms with Crippen molar-refractivity contribution in [2.75, 3.05) is 0 Å². The molecule has 1 aliphatic carbocycles. The predicted molar refractivity (Wildman–Crippen MR) is 98.7 cm³/mol. The van der Waals surface area contributed by atoms with Gasteiger partial charge in [0, 0.05) is 5.69 Å². The van der Waals surface area contributed by atoms with Crippen LogP contribution in [0.25, 0.3) is 0 Å². The highest BCUT2D eigenvalue weighted by atomic mass is 16.5. The lowest BCUT2D eigenvalue weighted by atomic mass is 10.1. The van der Waals surface area contributed by atoms with E-state index in [4.69, 9.17) is 4.74 Å². The highest BCUT2D eigenvalue weighted by molar-refractivity contribution is 6.00. The number of pyridine rings is 1. The Kier molecular flexibility index (Phi) is 5.34. The van der Waals surface area contributed by atoms with Crippen molar-refractivity contribution >= 4 is 5.84 Å². The third-order valence-electron chi connectivity index (χ3n) is 4.53. The van der Waals surface area contributed by atoms with E-state index in [1.807, 2.05) is 38.1 Å². The lowest BCUT2D eigenvalue weighted by Crippen LogP contribution is -2.23. The Morgan fingerprint density at radius 1 is 1.16 bits per heavy atom. The molecule has 2 N–H and O–H groups in total. The lowest BCUT2D eigenvalue weighted by molar-refractivity contribution is 0.233. The van der Waals surface area contributed by atoms with Crippen LogP contribution in [0.4, 0.5) is 0 Å². The third kappa shape index (κ3) is 4.17. The molecular formula is C20H25N3O2. The third-order valence-corrected chi connectivity index (χ3v) is 4.53. The van der Waals surface area contributed by atoms with Crippen LogP contribution in [-0.4, -0.2) is 22.1 Å². The number of amidine groups is 1. The summed E-state index contributed by atoms with van der Waals surface area (Å²) in [5, 5.41) is 9.63. The van der Waals surface area contributed by atoms with Crippen LogP contribution < -0.4 is 10.2 Å². The van der Waals surface area contributed by atoms with Crippen LogP contribution in [-0.2, 0) is 0 Å². The van der Waals surface area contributed by atoms with Crippen molar-refractivity contribution in [3.63, 3.8) is 0 Å². The zero-order chi connectivity index (χ0) is 17.8. The fourth-order valence-corrected chi connectivity index (χ4v) is 3.18. The van der Waals surface area contributed by atoms with E-state index >= 15 is 0 Å². The number of aliphatic imine (C=N–C) groups is 1. The standard InChI is InChI=1S/C20H25N3O2/c1-13-8-11-18(14(2)12-13)25-20-17(10-9-15(3)21-20)19(23-24)22-16-6-4-5-7-16/h8-12,16,24H,4-7H2,1-3H3,(H,22,23). The van der Waals surface area contributed by atoms with Gasteiger partial charge in [-0.2, -0.15) is 0 Å². The normalized spacial score (nSPS) is 15.4. The van der Waals surface area contributed by atoms with E-state index in [1.165, 1.54) is 18.4 Å². The number of ether oxygens (including phenoxy) is 1. The molecule has 0 radical (unpaired) electrons. The molecule has 1 saturated carbocycles. The van der Waals surface area contributed by atoms with E-state index in [0.717, 1.165) is 29.8 Å². The molecule has 0 aliphatic heterocycles. The molecule has 1 fully saturated rings. The van der Waals surface area contributed by atoms with E-state index in [-0.39, 0.29) is 6.04 Å². The summed E-state index contributed by atoms with van der Waals surface area (Å²) in [4.78, 5) is 9.19. The van der Waals surface area contributed by atoms with Gasteiger partial charge in [-0.3, -0.25) is 15.7 Å². The summed E-state index contributed by atoms with van der Waals surface area (Å²) in [6.45, 7) is 5.98. The molecule has 0 spiro atoms. The Morgan fingerprint density at radius 2 is 1.92 bits per heavy atom. The topological polar surface area (TPSA) is 66.7 Å². The van der Waals surface area contributed by atoms with Gasteiger partial charge < -0.3 is 4.74 Å². The summed E-state index contributed by atoms with van der Waals surface area (Å²) >= 11 is 0. The van der Waals surface area contributed by atoms with Gasteiger partial charge in [-0.15, -0.1) is 0 Å². The average molecular weight is 339 g/mol. The average Bonchev–Trinajstić information content (AvgIpc) is 3.09. The number of hydrogen-bond donors (Lipinski definition) is 2. The number of nitrogens with one attached hydrogen (secondary N) is 1. The van der Waals surface area contributed by atoms with Gasteiger partial charge in [-0.1, -0.05) is 30.5 Å². The molecule has 2 aromatic rings. The van der Waals surface area contributed by atoms with Crippen molar-refractivity contribution in [3.05, 3.63) is 52.7 Å². The highest BCUT2D eigenvalue weighted by Gasteiger charge is 2.19. The fraction of sp³-hybridized carbons (Fsp3) is 0.400. The van der Waals surface area contributed by atoms with E-state index in [0.29, 0.717) is 17.3 Å². The summed E-state index contributed by atoms with van der Waals surface area (Å²) in [5.41, 5.74) is 5.99. The maximum atomic E-state index is 9.63. The molecule has 0 saturated heterocycles. The molecular weight excluding hydrogens is 314 g/mol. The van der Waals surface area contributed by atoms with E-state index in [9.17, 15) is 5.21 Å². The van der Waals surface area contributed by atoms with Crippen molar-refractivity contribution in [2.45, 2.75) is 52.5 Å². The van der Waals surface area contributed by atoms with Crippen LogP contribution in [0.1, 0.15) is 48.1 Å². The number of benzene rings is 1. The van der Waals surface area contributed by atoms with Crippen LogP contribution in [0.5, 0.6) is 11.6 Å². The second kappa shape index (κ2) is 7.66. The SMILES string of the molecule is Cc1ccc(Oc2nc(C)ccc2C(=NC2CCCC2)NO)c(C)c1. The van der Waals surface area contributed by atoms with E-state index in [2.05, 4.69) is 28.4 Å². The Bertz CT molecular complexity index is 781. The first-order valence-corrected chi connectivity index (χ1v) is 8.78. The minimum absolute atomic E-state index is 0.241. The molecule has 3 rings (SSSR count). The Balaban J connectivity index is 1.96. The first kappa shape index (κ1) is 17.4. The van der Waals surface area contributed by atoms with Crippen LogP contribution >= 0.6 is 0 Å². The Labute approximate surface area is 148 Å². The summed E-state index contributed by atoms with van der Waals surface area (Å²) < 4.78 is 6.08. The van der Waals surface area contributed by atoms with Gasteiger partial charge in [0.1, 0.15) is 5.75 Å². The predicted octanol–water partition coefficient (Wildman–Crippen LogP) is 4.47. The smallest absolute Gasteiger partial charge is 0.230 e. The van der Waals surface area contributed by atoms with Gasteiger partial charge in [0.25, 0.3) is 0 Å². The molecule has 132 valence electrons. The molecule has 0 bridgehead atoms. The summed E-state index contributed by atoms with van der Waals surface area (Å²) in [5.74, 6) is 1.62. The first-order valence-electron chi connectivity index (χ1n) is 8.78. The van der Waals surface area contributed by atoms with Gasteiger partial charge in [-0.05, 0) is 57.4 Å². The van der Waals surface area contributed by atoms with Crippen molar-refractivity contribution in [1.29, 1.82) is 0 Å². The second-order valence-corrected chi connectivity index (χ2v) is 6.70. The monoisotopic (exact) mass is 339 g/mol. The Hall–Kier alpha value is -2.40. The number of aryl methyl sites for hydroxylation is 3. The second-order valence-electron chi connectivity index (χ2n) is 6.70. The molecule has 0 atom stereocenters. The molecule has 0 unspecified atom stereocenters. The van der Waals surface area contributed by atoms with Crippen molar-refractivity contribution < 1.29 is 9.94 Å². The van der Waals surface area contributed by atoms with Crippen molar-refractivity contribution in [1.82, 2.24) is 10.5 Å². The number of rotatable bonds is 4.